The number of halogens is 2. The van der Waals surface area contributed by atoms with Crippen LogP contribution in [0.4, 0.5) is 5.69 Å². The van der Waals surface area contributed by atoms with Crippen molar-refractivity contribution < 1.29 is 14.5 Å². The number of hydrogen-bond donors (Lipinski definition) is 1. The highest BCUT2D eigenvalue weighted by Gasteiger charge is 2.11. The van der Waals surface area contributed by atoms with E-state index < -0.39 is 10.8 Å². The van der Waals surface area contributed by atoms with Crippen LogP contribution in [0.1, 0.15) is 15.9 Å². The first-order chi connectivity index (χ1) is 11.4. The van der Waals surface area contributed by atoms with Gasteiger partial charge in [-0.05, 0) is 18.2 Å². The number of rotatable bonds is 5. The summed E-state index contributed by atoms with van der Waals surface area (Å²) in [5.74, 6) is -0.239. The van der Waals surface area contributed by atoms with E-state index in [0.29, 0.717) is 21.4 Å². The number of nitro benzene ring substituents is 1. The molecule has 0 aliphatic heterocycles. The van der Waals surface area contributed by atoms with Crippen LogP contribution in [0.2, 0.25) is 10.0 Å². The first-order valence-corrected chi connectivity index (χ1v) is 7.29. The van der Waals surface area contributed by atoms with Gasteiger partial charge in [-0.25, -0.2) is 5.43 Å². The molecular weight excluding hydrogens is 357 g/mol. The number of benzene rings is 2. The minimum Gasteiger partial charge on any atom is -0.495 e. The van der Waals surface area contributed by atoms with Crippen LogP contribution in [0.3, 0.4) is 0 Å². The van der Waals surface area contributed by atoms with Crippen LogP contribution in [-0.4, -0.2) is 24.2 Å². The van der Waals surface area contributed by atoms with Crippen LogP contribution in [0.25, 0.3) is 0 Å². The van der Waals surface area contributed by atoms with Gasteiger partial charge in [0, 0.05) is 28.3 Å². The Labute approximate surface area is 147 Å². The second kappa shape index (κ2) is 7.76. The smallest absolute Gasteiger partial charge is 0.271 e. The summed E-state index contributed by atoms with van der Waals surface area (Å²) in [5, 5.41) is 15.2. The van der Waals surface area contributed by atoms with Crippen molar-refractivity contribution >= 4 is 41.0 Å². The number of carbonyl (C=O) groups excluding carboxylic acids is 1. The molecule has 0 radical (unpaired) electrons. The molecular formula is C15H11Cl2N3O4. The highest BCUT2D eigenvalue weighted by Crippen LogP contribution is 2.31. The molecule has 0 spiro atoms. The van der Waals surface area contributed by atoms with Gasteiger partial charge >= 0.3 is 0 Å². The number of hydrazone groups is 1. The third-order valence-corrected chi connectivity index (χ3v) is 3.43. The van der Waals surface area contributed by atoms with E-state index in [1.54, 1.807) is 6.07 Å². The molecule has 0 saturated heterocycles. The lowest BCUT2D eigenvalue weighted by atomic mass is 10.2. The van der Waals surface area contributed by atoms with E-state index in [4.69, 9.17) is 27.9 Å². The lowest BCUT2D eigenvalue weighted by Crippen LogP contribution is -2.17. The zero-order chi connectivity index (χ0) is 17.7. The molecule has 9 heteroatoms. The molecule has 0 saturated carbocycles. The Morgan fingerprint density at radius 3 is 2.75 bits per heavy atom. The third kappa shape index (κ3) is 4.21. The van der Waals surface area contributed by atoms with Gasteiger partial charge in [0.15, 0.2) is 0 Å². The maximum absolute atomic E-state index is 12.0. The Morgan fingerprint density at radius 1 is 1.33 bits per heavy atom. The summed E-state index contributed by atoms with van der Waals surface area (Å²) in [6.07, 6.45) is 1.31. The summed E-state index contributed by atoms with van der Waals surface area (Å²) >= 11 is 11.9. The van der Waals surface area contributed by atoms with Gasteiger partial charge in [-0.1, -0.05) is 29.3 Å². The quantitative estimate of drug-likeness (QED) is 0.495. The monoisotopic (exact) mass is 367 g/mol. The fraction of sp³-hybridized carbons (Fsp3) is 0.0667. The lowest BCUT2D eigenvalue weighted by molar-refractivity contribution is -0.384. The Bertz CT molecular complexity index is 824. The molecule has 1 amide bonds. The standard InChI is InChI=1S/C15H11Cl2N3O4/c1-24-14-10(5-11(16)7-13(14)17)8-18-19-15(21)9-3-2-4-12(6-9)20(22)23/h2-8H,1H3,(H,19,21)/b18-8-. The Hall–Kier alpha value is -2.64. The van der Waals surface area contributed by atoms with Gasteiger partial charge in [-0.3, -0.25) is 14.9 Å². The van der Waals surface area contributed by atoms with Crippen molar-refractivity contribution in [3.05, 3.63) is 67.7 Å². The molecule has 0 atom stereocenters. The number of hydrogen-bond acceptors (Lipinski definition) is 5. The second-order valence-corrected chi connectivity index (χ2v) is 5.36. The molecule has 2 aromatic carbocycles. The maximum Gasteiger partial charge on any atom is 0.271 e. The van der Waals surface area contributed by atoms with Crippen molar-refractivity contribution in [1.29, 1.82) is 0 Å². The number of nitro groups is 1. The highest BCUT2D eigenvalue weighted by molar-refractivity contribution is 6.36. The largest absolute Gasteiger partial charge is 0.495 e. The molecule has 0 aromatic heterocycles. The number of nitrogens with zero attached hydrogens (tertiary/aromatic N) is 2. The summed E-state index contributed by atoms with van der Waals surface area (Å²) < 4.78 is 5.15. The Kier molecular flexibility index (Phi) is 5.73. The molecule has 2 aromatic rings. The number of ether oxygens (including phenoxy) is 1. The molecule has 1 N–H and O–H groups in total. The van der Waals surface area contributed by atoms with E-state index in [0.717, 1.165) is 6.07 Å². The SMILES string of the molecule is COc1c(Cl)cc(Cl)cc1/C=N\NC(=O)c1cccc([N+](=O)[O-])c1. The minimum absolute atomic E-state index is 0.109. The van der Waals surface area contributed by atoms with Gasteiger partial charge < -0.3 is 4.74 Å². The van der Waals surface area contributed by atoms with Crippen molar-refractivity contribution in [1.82, 2.24) is 5.43 Å². The Balaban J connectivity index is 2.16. The van der Waals surface area contributed by atoms with Crippen molar-refractivity contribution in [3.63, 3.8) is 0 Å². The van der Waals surface area contributed by atoms with Gasteiger partial charge in [0.25, 0.3) is 11.6 Å². The fourth-order valence-corrected chi connectivity index (χ4v) is 2.46. The van der Waals surface area contributed by atoms with Crippen LogP contribution in [-0.2, 0) is 0 Å². The summed E-state index contributed by atoms with van der Waals surface area (Å²) in [7, 11) is 1.44. The summed E-state index contributed by atoms with van der Waals surface area (Å²) in [4.78, 5) is 22.1. The van der Waals surface area contributed by atoms with E-state index in [-0.39, 0.29) is 11.3 Å². The predicted octanol–water partition coefficient (Wildman–Crippen LogP) is 3.67. The molecule has 24 heavy (non-hydrogen) atoms. The van der Waals surface area contributed by atoms with Crippen molar-refractivity contribution in [2.75, 3.05) is 7.11 Å². The predicted molar refractivity (Wildman–Crippen MR) is 91.2 cm³/mol. The second-order valence-electron chi connectivity index (χ2n) is 4.52. The van der Waals surface area contributed by atoms with Crippen LogP contribution in [0.5, 0.6) is 5.75 Å². The molecule has 2 rings (SSSR count). The molecule has 0 fully saturated rings. The number of nitrogens with one attached hydrogen (secondary N) is 1. The topological polar surface area (TPSA) is 93.8 Å². The molecule has 0 heterocycles. The maximum atomic E-state index is 12.0. The molecule has 124 valence electrons. The van der Waals surface area contributed by atoms with Gasteiger partial charge in [0.2, 0.25) is 0 Å². The number of methoxy groups -OCH3 is 1. The van der Waals surface area contributed by atoms with Gasteiger partial charge in [-0.15, -0.1) is 0 Å². The molecule has 0 aliphatic carbocycles. The zero-order valence-electron chi connectivity index (χ0n) is 12.3. The van der Waals surface area contributed by atoms with Gasteiger partial charge in [0.05, 0.1) is 23.3 Å². The molecule has 0 bridgehead atoms. The zero-order valence-corrected chi connectivity index (χ0v) is 13.8. The van der Waals surface area contributed by atoms with Crippen LogP contribution < -0.4 is 10.2 Å². The van der Waals surface area contributed by atoms with Crippen molar-refractivity contribution in [2.24, 2.45) is 5.10 Å². The van der Waals surface area contributed by atoms with E-state index in [2.05, 4.69) is 10.5 Å². The first kappa shape index (κ1) is 17.7. The van der Waals surface area contributed by atoms with Gasteiger partial charge in [-0.2, -0.15) is 5.10 Å². The molecule has 0 aliphatic rings. The van der Waals surface area contributed by atoms with E-state index in [9.17, 15) is 14.9 Å². The third-order valence-electron chi connectivity index (χ3n) is 2.93. The minimum atomic E-state index is -0.595. The lowest BCUT2D eigenvalue weighted by Gasteiger charge is -2.07. The van der Waals surface area contributed by atoms with E-state index in [1.165, 1.54) is 37.6 Å². The van der Waals surface area contributed by atoms with E-state index in [1.807, 2.05) is 0 Å². The Morgan fingerprint density at radius 2 is 2.08 bits per heavy atom. The van der Waals surface area contributed by atoms with Crippen LogP contribution in [0, 0.1) is 10.1 Å². The summed E-state index contributed by atoms with van der Waals surface area (Å²) in [5.41, 5.74) is 2.66. The highest BCUT2D eigenvalue weighted by atomic mass is 35.5. The number of carbonyl (C=O) groups is 1. The van der Waals surface area contributed by atoms with Crippen molar-refractivity contribution in [3.8, 4) is 5.75 Å². The fourth-order valence-electron chi connectivity index (χ4n) is 1.88. The molecule has 0 unspecified atom stereocenters. The average molecular weight is 368 g/mol. The van der Waals surface area contributed by atoms with Crippen molar-refractivity contribution in [2.45, 2.75) is 0 Å². The first-order valence-electron chi connectivity index (χ1n) is 6.53. The normalized spacial score (nSPS) is 10.6. The summed E-state index contributed by atoms with van der Waals surface area (Å²) in [6, 6.07) is 8.38. The molecule has 7 nitrogen and oxygen atoms in total. The number of amides is 1. The number of non-ortho nitro benzene ring substituents is 1. The van der Waals surface area contributed by atoms with Gasteiger partial charge in [0.1, 0.15) is 5.75 Å². The summed E-state index contributed by atoms with van der Waals surface area (Å²) in [6.45, 7) is 0. The van der Waals surface area contributed by atoms with Crippen LogP contribution in [0.15, 0.2) is 41.5 Å². The van der Waals surface area contributed by atoms with E-state index >= 15 is 0 Å². The average Bonchev–Trinajstić information content (AvgIpc) is 2.54. The van der Waals surface area contributed by atoms with Crippen LogP contribution >= 0.6 is 23.2 Å².